The molecule has 0 spiro atoms. The van der Waals surface area contributed by atoms with E-state index in [0.29, 0.717) is 36.1 Å². The minimum absolute atomic E-state index is 0.117. The molecule has 0 radical (unpaired) electrons. The first-order chi connectivity index (χ1) is 15.2. The lowest BCUT2D eigenvalue weighted by molar-refractivity contribution is 0.0153. The van der Waals surface area contributed by atoms with E-state index in [-0.39, 0.29) is 30.3 Å². The van der Waals surface area contributed by atoms with Crippen molar-refractivity contribution in [1.29, 1.82) is 0 Å². The molecule has 0 aliphatic carbocycles. The molecule has 3 heterocycles. The lowest BCUT2D eigenvalue weighted by Gasteiger charge is -2.30. The van der Waals surface area contributed by atoms with Crippen molar-refractivity contribution in [1.82, 2.24) is 15.5 Å². The first kappa shape index (κ1) is 22.7. The van der Waals surface area contributed by atoms with E-state index in [2.05, 4.69) is 15.6 Å². The molecule has 8 nitrogen and oxygen atoms in total. The fourth-order valence-corrected chi connectivity index (χ4v) is 4.19. The number of nitrogens with one attached hydrogen (secondary N) is 2. The van der Waals surface area contributed by atoms with Gasteiger partial charge in [-0.15, -0.1) is 0 Å². The van der Waals surface area contributed by atoms with Gasteiger partial charge in [-0.1, -0.05) is 11.6 Å². The van der Waals surface area contributed by atoms with Gasteiger partial charge in [0.05, 0.1) is 16.3 Å². The largest absolute Gasteiger partial charge is 0.487 e. The van der Waals surface area contributed by atoms with Crippen LogP contribution in [0.25, 0.3) is 0 Å². The maximum Gasteiger partial charge on any atom is 0.257 e. The van der Waals surface area contributed by atoms with E-state index < -0.39 is 24.1 Å². The summed E-state index contributed by atoms with van der Waals surface area (Å²) in [4.78, 5) is 19.4. The van der Waals surface area contributed by atoms with Crippen molar-refractivity contribution in [2.45, 2.75) is 38.5 Å². The van der Waals surface area contributed by atoms with Crippen LogP contribution < -0.4 is 21.1 Å². The van der Waals surface area contributed by atoms with E-state index in [1.807, 2.05) is 13.8 Å². The average molecular weight is 464 g/mol. The summed E-state index contributed by atoms with van der Waals surface area (Å²) in [5, 5.41) is 17.0. The van der Waals surface area contributed by atoms with Crippen LogP contribution in [0.1, 0.15) is 30.6 Å². The van der Waals surface area contributed by atoms with E-state index in [1.165, 1.54) is 18.2 Å². The van der Waals surface area contributed by atoms with Gasteiger partial charge in [0.2, 0.25) is 0 Å². The zero-order valence-electron chi connectivity index (χ0n) is 18.0. The minimum atomic E-state index is -0.742. The highest BCUT2D eigenvalue weighted by molar-refractivity contribution is 6.43. The number of hydrogen-bond donors (Lipinski definition) is 4. The summed E-state index contributed by atoms with van der Waals surface area (Å²) in [6.07, 6.45) is -0.714. The van der Waals surface area contributed by atoms with Gasteiger partial charge in [0, 0.05) is 43.0 Å². The summed E-state index contributed by atoms with van der Waals surface area (Å²) in [5.74, 6) is -0.126. The second kappa shape index (κ2) is 9.19. The maximum absolute atomic E-state index is 14.0. The number of aliphatic hydroxyl groups excluding tert-OH is 1. The zero-order valence-corrected chi connectivity index (χ0v) is 18.7. The van der Waals surface area contributed by atoms with Gasteiger partial charge < -0.3 is 31.1 Å². The Labute approximate surface area is 191 Å². The predicted molar refractivity (Wildman–Crippen MR) is 120 cm³/mol. The Morgan fingerprint density at radius 2 is 2.19 bits per heavy atom. The zero-order chi connectivity index (χ0) is 23.0. The van der Waals surface area contributed by atoms with Gasteiger partial charge >= 0.3 is 0 Å². The Bertz CT molecular complexity index is 1020. The lowest BCUT2D eigenvalue weighted by Crippen LogP contribution is -2.46. The van der Waals surface area contributed by atoms with Crippen molar-refractivity contribution >= 4 is 23.2 Å². The summed E-state index contributed by atoms with van der Waals surface area (Å²) in [6.45, 7) is 5.28. The molecule has 3 atom stereocenters. The van der Waals surface area contributed by atoms with Crippen LogP contribution in [0, 0.1) is 5.82 Å². The van der Waals surface area contributed by atoms with E-state index in [1.54, 1.807) is 4.90 Å². The van der Waals surface area contributed by atoms with Crippen molar-refractivity contribution in [2.75, 3.05) is 26.2 Å². The van der Waals surface area contributed by atoms with Crippen LogP contribution in [0.15, 0.2) is 45.3 Å². The number of amides is 1. The molecule has 0 bridgehead atoms. The summed E-state index contributed by atoms with van der Waals surface area (Å²) in [7, 11) is 0. The van der Waals surface area contributed by atoms with Crippen molar-refractivity contribution in [3.63, 3.8) is 0 Å². The number of hydrogen-bond acceptors (Lipinski definition) is 7. The van der Waals surface area contributed by atoms with Crippen molar-refractivity contribution in [3.8, 4) is 5.75 Å². The monoisotopic (exact) mass is 463 g/mol. The second-order valence-electron chi connectivity index (χ2n) is 8.28. The number of β-amino-alcohol motifs (C(OH)–C–C–N with tert-alkyl or cyclic N) is 1. The molecule has 5 N–H and O–H groups in total. The third-order valence-electron chi connectivity index (χ3n) is 5.89. The quantitative estimate of drug-likeness (QED) is 0.540. The number of carbonyl (C=O) groups excluding carboxylic acids is 1. The SMILES string of the molecule is CC1=N/C(=C2/CN(C(=O)c3ccc(F)cc3O[C@H]3CCNCC3O)CC2N)NC(C)=C1Cl. The highest BCUT2D eigenvalue weighted by Gasteiger charge is 2.34. The van der Waals surface area contributed by atoms with Crippen LogP contribution in [-0.4, -0.2) is 66.1 Å². The molecule has 1 aromatic rings. The highest BCUT2D eigenvalue weighted by Crippen LogP contribution is 2.29. The standard InChI is InChI=1S/C22H27ClFN5O3/c1-11-20(23)12(2)28-21(27-11)15-9-29(10-16(15)25)22(31)14-4-3-13(24)7-19(14)32-18-5-6-26-8-17(18)30/h3-4,7,16-18,26-27,30H,5-6,8-10,25H2,1-2H3/b21-15-/t16?,17?,18-/m0/s1. The maximum atomic E-state index is 14.0. The second-order valence-corrected chi connectivity index (χ2v) is 8.66. The molecule has 2 saturated heterocycles. The van der Waals surface area contributed by atoms with Crippen LogP contribution in [0.2, 0.25) is 0 Å². The van der Waals surface area contributed by atoms with E-state index >= 15 is 0 Å². The summed E-state index contributed by atoms with van der Waals surface area (Å²) in [6, 6.07) is 3.41. The Morgan fingerprint density at radius 3 is 2.91 bits per heavy atom. The molecule has 10 heteroatoms. The molecule has 0 saturated carbocycles. The normalized spacial score (nSPS) is 28.5. The summed E-state index contributed by atoms with van der Waals surface area (Å²) >= 11 is 6.21. The van der Waals surface area contributed by atoms with Gasteiger partial charge in [-0.05, 0) is 38.9 Å². The molecular weight excluding hydrogens is 437 g/mol. The van der Waals surface area contributed by atoms with Crippen LogP contribution in [-0.2, 0) is 0 Å². The van der Waals surface area contributed by atoms with Crippen molar-refractivity contribution < 1.29 is 19.0 Å². The van der Waals surface area contributed by atoms with Gasteiger partial charge in [0.25, 0.3) is 5.91 Å². The van der Waals surface area contributed by atoms with E-state index in [0.717, 1.165) is 11.3 Å². The molecular formula is C22H27ClFN5O3. The smallest absolute Gasteiger partial charge is 0.257 e. The Morgan fingerprint density at radius 1 is 1.41 bits per heavy atom. The number of allylic oxidation sites excluding steroid dienone is 2. The number of aliphatic hydroxyl groups is 1. The van der Waals surface area contributed by atoms with Crippen LogP contribution in [0.3, 0.4) is 0 Å². The lowest BCUT2D eigenvalue weighted by atomic mass is 10.1. The molecule has 172 valence electrons. The minimum Gasteiger partial charge on any atom is -0.487 e. The molecule has 3 aliphatic heterocycles. The first-order valence-electron chi connectivity index (χ1n) is 10.6. The molecule has 2 fully saturated rings. The fourth-order valence-electron chi connectivity index (χ4n) is 4.10. The number of aliphatic imine (C=N–C) groups is 1. The van der Waals surface area contributed by atoms with Crippen molar-refractivity contribution in [2.24, 2.45) is 10.7 Å². The molecule has 2 unspecified atom stereocenters. The van der Waals surface area contributed by atoms with Crippen LogP contribution >= 0.6 is 11.6 Å². The summed E-state index contributed by atoms with van der Waals surface area (Å²) in [5.41, 5.74) is 8.80. The highest BCUT2D eigenvalue weighted by atomic mass is 35.5. The van der Waals surface area contributed by atoms with Gasteiger partial charge in [-0.25, -0.2) is 9.38 Å². The Balaban J connectivity index is 1.57. The number of rotatable bonds is 3. The molecule has 4 rings (SSSR count). The number of carbonyl (C=O) groups is 1. The first-order valence-corrected chi connectivity index (χ1v) is 10.9. The van der Waals surface area contributed by atoms with E-state index in [9.17, 15) is 14.3 Å². The van der Waals surface area contributed by atoms with Gasteiger partial charge in [0.15, 0.2) is 0 Å². The molecule has 32 heavy (non-hydrogen) atoms. The van der Waals surface area contributed by atoms with Crippen molar-refractivity contribution in [3.05, 3.63) is 51.7 Å². The number of ether oxygens (including phenoxy) is 1. The number of nitrogens with zero attached hydrogens (tertiary/aromatic N) is 2. The van der Waals surface area contributed by atoms with Gasteiger partial charge in [-0.2, -0.15) is 0 Å². The molecule has 1 amide bonds. The van der Waals surface area contributed by atoms with Gasteiger partial charge in [-0.3, -0.25) is 4.79 Å². The van der Waals surface area contributed by atoms with E-state index in [4.69, 9.17) is 22.1 Å². The van der Waals surface area contributed by atoms with Crippen LogP contribution in [0.5, 0.6) is 5.75 Å². The fraction of sp³-hybridized carbons (Fsp3) is 0.455. The molecule has 3 aliphatic rings. The Kier molecular flexibility index (Phi) is 6.52. The summed E-state index contributed by atoms with van der Waals surface area (Å²) < 4.78 is 19.9. The number of benzene rings is 1. The number of likely N-dealkylation sites (tertiary alicyclic amines) is 1. The topological polar surface area (TPSA) is 112 Å². The average Bonchev–Trinajstić information content (AvgIpc) is 3.14. The third-order valence-corrected chi connectivity index (χ3v) is 6.45. The number of piperidine rings is 1. The molecule has 0 aromatic heterocycles. The predicted octanol–water partition coefficient (Wildman–Crippen LogP) is 1.46. The number of nitrogens with two attached hydrogens (primary N) is 1. The Hall–Kier alpha value is -2.46. The van der Waals surface area contributed by atoms with Crippen LogP contribution in [0.4, 0.5) is 4.39 Å². The number of halogens is 2. The van der Waals surface area contributed by atoms with Gasteiger partial charge in [0.1, 0.15) is 29.6 Å². The third kappa shape index (κ3) is 4.52. The molecule has 1 aromatic carbocycles.